The van der Waals surface area contributed by atoms with E-state index < -0.39 is 22.8 Å². The minimum Gasteiger partial charge on any atom is -0.466 e. The molecule has 1 aliphatic heterocycles. The first kappa shape index (κ1) is 21.7. The molecule has 2 heterocycles. The molecule has 2 aromatic rings. The van der Waals surface area contributed by atoms with E-state index in [2.05, 4.69) is 10.3 Å². The number of esters is 2. The first-order chi connectivity index (χ1) is 14.8. The van der Waals surface area contributed by atoms with Gasteiger partial charge in [-0.1, -0.05) is 12.1 Å². The van der Waals surface area contributed by atoms with E-state index in [9.17, 15) is 19.7 Å². The topological polar surface area (TPSA) is 122 Å². The Morgan fingerprint density at radius 3 is 2.42 bits per heavy atom. The summed E-state index contributed by atoms with van der Waals surface area (Å²) in [5.74, 6) is -2.18. The van der Waals surface area contributed by atoms with Gasteiger partial charge in [-0.25, -0.2) is 14.6 Å². The zero-order valence-electron chi connectivity index (χ0n) is 17.3. The molecule has 31 heavy (non-hydrogen) atoms. The number of hydrogen-bond donors (Lipinski definition) is 1. The Balaban J connectivity index is 2.05. The van der Waals surface area contributed by atoms with Crippen LogP contribution in [0, 0.1) is 10.1 Å². The Hall–Kier alpha value is -4.01. The van der Waals surface area contributed by atoms with Crippen LogP contribution in [-0.4, -0.2) is 24.0 Å². The second-order valence-electron chi connectivity index (χ2n) is 6.94. The van der Waals surface area contributed by atoms with Gasteiger partial charge in [0, 0.05) is 35.7 Å². The Kier molecular flexibility index (Phi) is 6.44. The summed E-state index contributed by atoms with van der Waals surface area (Å²) >= 11 is 0. The first-order valence-corrected chi connectivity index (χ1v) is 9.47. The van der Waals surface area contributed by atoms with E-state index in [0.717, 1.165) is 0 Å². The summed E-state index contributed by atoms with van der Waals surface area (Å²) in [4.78, 5) is 39.4. The van der Waals surface area contributed by atoms with E-state index in [1.165, 1.54) is 25.3 Å². The molecule has 2 N–H and O–H groups in total. The number of methoxy groups -OCH3 is 1. The first-order valence-electron chi connectivity index (χ1n) is 9.47. The molecule has 1 aromatic carbocycles. The predicted molar refractivity (Wildman–Crippen MR) is 109 cm³/mol. The van der Waals surface area contributed by atoms with Gasteiger partial charge in [0.2, 0.25) is 5.69 Å². The molecule has 0 unspecified atom stereocenters. The summed E-state index contributed by atoms with van der Waals surface area (Å²) in [5.41, 5.74) is 2.30. The number of carbonyl (C=O) groups excluding carboxylic acids is 2. The lowest BCUT2D eigenvalue weighted by molar-refractivity contribution is -0.395. The fourth-order valence-corrected chi connectivity index (χ4v) is 3.54. The SMILES string of the molecule is COC(=O)C1=C(C)NC(C)=C(C(=O)OCc2cccc[nH+]2)[C@H]1c1cccc([N+](=O)[O-])c1. The van der Waals surface area contributed by atoms with Crippen LogP contribution in [0.3, 0.4) is 0 Å². The summed E-state index contributed by atoms with van der Waals surface area (Å²) in [6.07, 6.45) is 1.71. The zero-order valence-corrected chi connectivity index (χ0v) is 17.3. The highest BCUT2D eigenvalue weighted by molar-refractivity contribution is 5.99. The average molecular weight is 424 g/mol. The fourth-order valence-electron chi connectivity index (χ4n) is 3.54. The lowest BCUT2D eigenvalue weighted by atomic mass is 9.80. The lowest BCUT2D eigenvalue weighted by Crippen LogP contribution is -2.32. The van der Waals surface area contributed by atoms with Crippen molar-refractivity contribution in [3.63, 3.8) is 0 Å². The molecule has 0 amide bonds. The van der Waals surface area contributed by atoms with Crippen molar-refractivity contribution in [1.29, 1.82) is 0 Å². The summed E-state index contributed by atoms with van der Waals surface area (Å²) < 4.78 is 10.4. The number of H-pyrrole nitrogens is 1. The van der Waals surface area contributed by atoms with Crippen LogP contribution in [0.5, 0.6) is 0 Å². The van der Waals surface area contributed by atoms with Crippen molar-refractivity contribution in [3.05, 3.63) is 92.6 Å². The van der Waals surface area contributed by atoms with Crippen LogP contribution in [0.2, 0.25) is 0 Å². The Labute approximate surface area is 178 Å². The maximum Gasteiger partial charge on any atom is 0.337 e. The molecule has 160 valence electrons. The molecule has 0 saturated carbocycles. The van der Waals surface area contributed by atoms with Crippen molar-refractivity contribution >= 4 is 17.6 Å². The van der Waals surface area contributed by atoms with Crippen LogP contribution in [-0.2, 0) is 25.7 Å². The number of non-ortho nitro benzene ring substituents is 1. The van der Waals surface area contributed by atoms with Crippen molar-refractivity contribution in [2.75, 3.05) is 7.11 Å². The lowest BCUT2D eigenvalue weighted by Gasteiger charge is -2.30. The monoisotopic (exact) mass is 424 g/mol. The number of nitrogens with one attached hydrogen (secondary N) is 2. The van der Waals surface area contributed by atoms with Crippen molar-refractivity contribution in [1.82, 2.24) is 5.32 Å². The number of nitro groups is 1. The molecule has 3 rings (SSSR count). The summed E-state index contributed by atoms with van der Waals surface area (Å²) in [7, 11) is 1.24. The largest absolute Gasteiger partial charge is 0.466 e. The molecule has 1 aliphatic rings. The molecule has 1 aromatic heterocycles. The Morgan fingerprint density at radius 2 is 1.81 bits per heavy atom. The number of aromatic amines is 1. The van der Waals surface area contributed by atoms with Crippen molar-refractivity contribution in [2.24, 2.45) is 0 Å². The predicted octanol–water partition coefficient (Wildman–Crippen LogP) is 2.56. The van der Waals surface area contributed by atoms with E-state index in [0.29, 0.717) is 22.7 Å². The summed E-state index contributed by atoms with van der Waals surface area (Å²) in [6, 6.07) is 11.2. The molecular weight excluding hydrogens is 402 g/mol. The van der Waals surface area contributed by atoms with Gasteiger partial charge in [0.15, 0.2) is 12.8 Å². The number of carbonyl (C=O) groups is 2. The number of dihydropyridines is 1. The molecule has 0 spiro atoms. The molecule has 0 fully saturated rings. The van der Waals surface area contributed by atoms with E-state index in [1.54, 1.807) is 44.3 Å². The molecule has 1 atom stereocenters. The Morgan fingerprint density at radius 1 is 1.10 bits per heavy atom. The van der Waals surface area contributed by atoms with Gasteiger partial charge < -0.3 is 14.8 Å². The average Bonchev–Trinajstić information content (AvgIpc) is 2.77. The Bertz CT molecular complexity index is 1090. The number of benzene rings is 1. The third-order valence-electron chi connectivity index (χ3n) is 4.93. The number of aromatic nitrogens is 1. The quantitative estimate of drug-likeness (QED) is 0.430. The fraction of sp³-hybridized carbons (Fsp3) is 0.227. The highest BCUT2D eigenvalue weighted by Crippen LogP contribution is 2.40. The number of pyridine rings is 1. The van der Waals surface area contributed by atoms with Crippen LogP contribution in [0.15, 0.2) is 71.2 Å². The number of hydrogen-bond acceptors (Lipinski definition) is 7. The molecule has 9 nitrogen and oxygen atoms in total. The minimum atomic E-state index is -0.888. The second kappa shape index (κ2) is 9.21. The van der Waals surface area contributed by atoms with E-state index in [1.807, 2.05) is 0 Å². The van der Waals surface area contributed by atoms with Gasteiger partial charge in [-0.3, -0.25) is 10.1 Å². The normalized spacial score (nSPS) is 15.9. The molecule has 0 aliphatic carbocycles. The van der Waals surface area contributed by atoms with E-state index >= 15 is 0 Å². The van der Waals surface area contributed by atoms with Gasteiger partial charge in [-0.05, 0) is 25.5 Å². The number of nitro benzene ring substituents is 1. The van der Waals surface area contributed by atoms with E-state index in [-0.39, 0.29) is 23.4 Å². The highest BCUT2D eigenvalue weighted by Gasteiger charge is 2.38. The van der Waals surface area contributed by atoms with Gasteiger partial charge in [0.05, 0.1) is 29.1 Å². The third kappa shape index (κ3) is 4.61. The summed E-state index contributed by atoms with van der Waals surface area (Å²) in [6.45, 7) is 3.36. The van der Waals surface area contributed by atoms with Crippen molar-refractivity contribution in [2.45, 2.75) is 26.4 Å². The van der Waals surface area contributed by atoms with Crippen LogP contribution >= 0.6 is 0 Å². The van der Waals surface area contributed by atoms with Gasteiger partial charge in [0.25, 0.3) is 5.69 Å². The third-order valence-corrected chi connectivity index (χ3v) is 4.93. The molecule has 9 heteroatoms. The highest BCUT2D eigenvalue weighted by atomic mass is 16.6. The minimum absolute atomic E-state index is 0.00559. The molecule has 0 saturated heterocycles. The molecular formula is C22H22N3O6+. The number of allylic oxidation sites excluding steroid dienone is 2. The number of nitrogens with zero attached hydrogens (tertiary/aromatic N) is 1. The van der Waals surface area contributed by atoms with Crippen molar-refractivity contribution < 1.29 is 29.0 Å². The molecule has 0 bridgehead atoms. The second-order valence-corrected chi connectivity index (χ2v) is 6.94. The van der Waals surface area contributed by atoms with Crippen LogP contribution < -0.4 is 10.3 Å². The number of ether oxygens (including phenoxy) is 2. The van der Waals surface area contributed by atoms with Gasteiger partial charge >= 0.3 is 11.9 Å². The van der Waals surface area contributed by atoms with Crippen LogP contribution in [0.25, 0.3) is 0 Å². The summed E-state index contributed by atoms with van der Waals surface area (Å²) in [5, 5.41) is 14.3. The maximum atomic E-state index is 13.1. The maximum absolute atomic E-state index is 13.1. The van der Waals surface area contributed by atoms with Crippen molar-refractivity contribution in [3.8, 4) is 0 Å². The zero-order chi connectivity index (χ0) is 22.5. The molecule has 0 radical (unpaired) electrons. The van der Waals surface area contributed by atoms with Crippen LogP contribution in [0.4, 0.5) is 5.69 Å². The number of rotatable bonds is 6. The van der Waals surface area contributed by atoms with Crippen LogP contribution in [0.1, 0.15) is 31.0 Å². The standard InChI is InChI=1S/C22H21N3O6/c1-13-18(21(26)30-3)20(15-7-6-9-17(11-15)25(28)29)19(14(2)24-13)22(27)31-12-16-8-4-5-10-23-16/h4-11,20,24H,12H2,1-3H3/p+1/t20-/m0/s1. The van der Waals surface area contributed by atoms with Gasteiger partial charge in [0.1, 0.15) is 0 Å². The smallest absolute Gasteiger partial charge is 0.337 e. The van der Waals surface area contributed by atoms with E-state index in [4.69, 9.17) is 9.47 Å². The van der Waals surface area contributed by atoms with Gasteiger partial charge in [-0.15, -0.1) is 0 Å². The van der Waals surface area contributed by atoms with Gasteiger partial charge in [-0.2, -0.15) is 0 Å².